The maximum Gasteiger partial charge on any atom is 0.264 e. The monoisotopic (exact) mass is 430 g/mol. The van der Waals surface area contributed by atoms with Crippen LogP contribution in [0, 0.1) is 6.92 Å². The summed E-state index contributed by atoms with van der Waals surface area (Å²) in [5.74, 6) is 0.0902. The van der Waals surface area contributed by atoms with Crippen molar-refractivity contribution in [1.82, 2.24) is 10.6 Å². The van der Waals surface area contributed by atoms with Gasteiger partial charge in [-0.2, -0.15) is 0 Å². The average molecular weight is 431 g/mol. The summed E-state index contributed by atoms with van der Waals surface area (Å²) in [6.45, 7) is 3.57. The van der Waals surface area contributed by atoms with E-state index in [9.17, 15) is 9.59 Å². The molecule has 0 fully saturated rings. The van der Waals surface area contributed by atoms with Gasteiger partial charge in [-0.1, -0.05) is 24.6 Å². The molecule has 0 bridgehead atoms. The summed E-state index contributed by atoms with van der Waals surface area (Å²) in [6.07, 6.45) is 0.351. The average Bonchev–Trinajstić information content (AvgIpc) is 2.68. The van der Waals surface area contributed by atoms with E-state index in [1.807, 2.05) is 19.1 Å². The van der Waals surface area contributed by atoms with Gasteiger partial charge in [0.05, 0.1) is 0 Å². The lowest BCUT2D eigenvalue weighted by Crippen LogP contribution is -2.37. The summed E-state index contributed by atoms with van der Waals surface area (Å²) in [7, 11) is 0. The van der Waals surface area contributed by atoms with Gasteiger partial charge in [-0.25, -0.2) is 0 Å². The van der Waals surface area contributed by atoms with E-state index in [0.29, 0.717) is 23.5 Å². The predicted octanol–water partition coefficient (Wildman–Crippen LogP) is 3.11. The zero-order chi connectivity index (χ0) is 21.2. The first-order chi connectivity index (χ1) is 13.9. The van der Waals surface area contributed by atoms with Gasteiger partial charge >= 0.3 is 0 Å². The molecule has 2 rings (SSSR count). The third kappa shape index (κ3) is 8.24. The number of ether oxygens (including phenoxy) is 1. The van der Waals surface area contributed by atoms with Crippen molar-refractivity contribution in [1.29, 1.82) is 0 Å². The second-order valence-corrected chi connectivity index (χ2v) is 6.85. The number of hydrogen-bond donors (Lipinski definition) is 4. The lowest BCUT2D eigenvalue weighted by atomic mass is 10.2. The molecular weight excluding hydrogens is 408 g/mol. The summed E-state index contributed by atoms with van der Waals surface area (Å²) in [4.78, 5) is 23.3. The largest absolute Gasteiger partial charge is 0.484 e. The van der Waals surface area contributed by atoms with Gasteiger partial charge in [0.25, 0.3) is 5.91 Å². The van der Waals surface area contributed by atoms with Crippen molar-refractivity contribution in [2.75, 3.05) is 17.2 Å². The van der Waals surface area contributed by atoms with Crippen LogP contribution in [0.1, 0.15) is 18.9 Å². The first-order valence-corrected chi connectivity index (χ1v) is 9.68. The number of nitrogens with one attached hydrogen (secondary N) is 4. The molecule has 0 saturated heterocycles. The standard InChI is InChI=1S/C20H22N4O3S2/c1-3-17(25)23-19(28)21-14-6-8-15(9-7-14)22-20(29)24-18(26)12-27-16-10-4-13(2)5-11-16/h4-11H,3,12H2,1-2H3,(H2,21,23,25,28)(H2,22,24,26,29). The van der Waals surface area contributed by atoms with E-state index < -0.39 is 0 Å². The van der Waals surface area contributed by atoms with Gasteiger partial charge in [-0.15, -0.1) is 0 Å². The van der Waals surface area contributed by atoms with E-state index >= 15 is 0 Å². The smallest absolute Gasteiger partial charge is 0.264 e. The van der Waals surface area contributed by atoms with Crippen LogP contribution in [0.3, 0.4) is 0 Å². The van der Waals surface area contributed by atoms with Crippen molar-refractivity contribution in [3.8, 4) is 5.75 Å². The number of thiocarbonyl (C=S) groups is 2. The molecule has 2 amide bonds. The molecule has 2 aromatic rings. The Morgan fingerprint density at radius 3 is 1.79 bits per heavy atom. The molecule has 29 heavy (non-hydrogen) atoms. The number of carbonyl (C=O) groups excluding carboxylic acids is 2. The molecule has 0 unspecified atom stereocenters. The van der Waals surface area contributed by atoms with Crippen molar-refractivity contribution >= 4 is 57.8 Å². The van der Waals surface area contributed by atoms with Crippen molar-refractivity contribution in [3.05, 3.63) is 54.1 Å². The summed E-state index contributed by atoms with van der Waals surface area (Å²) >= 11 is 10.2. The molecule has 0 aliphatic carbocycles. The van der Waals surface area contributed by atoms with Gasteiger partial charge in [-0.05, 0) is 67.8 Å². The van der Waals surface area contributed by atoms with Gasteiger partial charge in [0, 0.05) is 17.8 Å². The van der Waals surface area contributed by atoms with Gasteiger partial charge in [0.1, 0.15) is 5.75 Å². The minimum absolute atomic E-state index is 0.144. The van der Waals surface area contributed by atoms with E-state index in [4.69, 9.17) is 29.2 Å². The van der Waals surface area contributed by atoms with Crippen molar-refractivity contribution < 1.29 is 14.3 Å². The van der Waals surface area contributed by atoms with Crippen molar-refractivity contribution in [3.63, 3.8) is 0 Å². The molecule has 0 saturated carbocycles. The van der Waals surface area contributed by atoms with Gasteiger partial charge in [0.15, 0.2) is 16.8 Å². The molecule has 0 heterocycles. The third-order valence-electron chi connectivity index (χ3n) is 3.62. The van der Waals surface area contributed by atoms with Gasteiger partial charge < -0.3 is 20.7 Å². The predicted molar refractivity (Wildman–Crippen MR) is 122 cm³/mol. The van der Waals surface area contributed by atoms with Crippen LogP contribution in [0.15, 0.2) is 48.5 Å². The minimum atomic E-state index is -0.363. The van der Waals surface area contributed by atoms with E-state index in [0.717, 1.165) is 5.56 Å². The number of hydrogen-bond acceptors (Lipinski definition) is 5. The number of aryl methyl sites for hydroxylation is 1. The highest BCUT2D eigenvalue weighted by Gasteiger charge is 2.07. The Morgan fingerprint density at radius 1 is 0.828 bits per heavy atom. The van der Waals surface area contributed by atoms with Crippen LogP contribution in [0.5, 0.6) is 5.75 Å². The minimum Gasteiger partial charge on any atom is -0.484 e. The number of benzene rings is 2. The van der Waals surface area contributed by atoms with E-state index in [1.54, 1.807) is 43.3 Å². The first kappa shape index (κ1) is 22.3. The number of anilines is 2. The first-order valence-electron chi connectivity index (χ1n) is 8.87. The number of amides is 2. The van der Waals surface area contributed by atoms with Crippen LogP contribution >= 0.6 is 24.4 Å². The third-order valence-corrected chi connectivity index (χ3v) is 4.03. The highest BCUT2D eigenvalue weighted by atomic mass is 32.1. The zero-order valence-corrected chi connectivity index (χ0v) is 17.7. The molecule has 0 aliphatic heterocycles. The normalized spacial score (nSPS) is 9.86. The maximum absolute atomic E-state index is 11.9. The Morgan fingerprint density at radius 2 is 1.31 bits per heavy atom. The molecule has 7 nitrogen and oxygen atoms in total. The summed E-state index contributed by atoms with van der Waals surface area (Å²) in [5, 5.41) is 11.3. The molecule has 0 radical (unpaired) electrons. The van der Waals surface area contributed by atoms with Crippen LogP contribution < -0.4 is 26.0 Å². The van der Waals surface area contributed by atoms with Crippen LogP contribution in [-0.2, 0) is 9.59 Å². The molecule has 9 heteroatoms. The van der Waals surface area contributed by atoms with Crippen molar-refractivity contribution in [2.24, 2.45) is 0 Å². The summed E-state index contributed by atoms with van der Waals surface area (Å²) in [5.41, 5.74) is 2.50. The van der Waals surface area contributed by atoms with E-state index in [-0.39, 0.29) is 28.6 Å². The molecule has 2 aromatic carbocycles. The lowest BCUT2D eigenvalue weighted by molar-refractivity contribution is -0.121. The molecule has 152 valence electrons. The Balaban J connectivity index is 1.76. The molecule has 0 aromatic heterocycles. The van der Waals surface area contributed by atoms with Crippen LogP contribution in [0.2, 0.25) is 0 Å². The van der Waals surface area contributed by atoms with Crippen LogP contribution in [-0.4, -0.2) is 28.6 Å². The fourth-order valence-corrected chi connectivity index (χ4v) is 2.59. The molecule has 4 N–H and O–H groups in total. The maximum atomic E-state index is 11.9. The van der Waals surface area contributed by atoms with Crippen LogP contribution in [0.4, 0.5) is 11.4 Å². The zero-order valence-electron chi connectivity index (χ0n) is 16.1. The molecule has 0 spiro atoms. The second kappa shape index (κ2) is 11.1. The second-order valence-electron chi connectivity index (χ2n) is 6.04. The SMILES string of the molecule is CCC(=O)NC(=S)Nc1ccc(NC(=S)NC(=O)COc2ccc(C)cc2)cc1. The fraction of sp³-hybridized carbons (Fsp3) is 0.200. The Bertz CT molecular complexity index is 884. The lowest BCUT2D eigenvalue weighted by Gasteiger charge is -2.12. The highest BCUT2D eigenvalue weighted by Crippen LogP contribution is 2.14. The number of rotatable bonds is 6. The van der Waals surface area contributed by atoms with Crippen LogP contribution in [0.25, 0.3) is 0 Å². The van der Waals surface area contributed by atoms with Gasteiger partial charge in [0.2, 0.25) is 5.91 Å². The van der Waals surface area contributed by atoms with Crippen molar-refractivity contribution in [2.45, 2.75) is 20.3 Å². The summed E-state index contributed by atoms with van der Waals surface area (Å²) < 4.78 is 5.41. The van der Waals surface area contributed by atoms with Gasteiger partial charge in [-0.3, -0.25) is 14.9 Å². The molecule has 0 aliphatic rings. The Hall–Kier alpha value is -3.04. The van der Waals surface area contributed by atoms with E-state index in [2.05, 4.69) is 21.3 Å². The quantitative estimate of drug-likeness (QED) is 0.524. The Labute approximate surface area is 180 Å². The van der Waals surface area contributed by atoms with E-state index in [1.165, 1.54) is 0 Å². The summed E-state index contributed by atoms with van der Waals surface area (Å²) in [6, 6.07) is 14.4. The number of carbonyl (C=O) groups is 2. The Kier molecular flexibility index (Phi) is 8.50. The topological polar surface area (TPSA) is 91.5 Å². The fourth-order valence-electron chi connectivity index (χ4n) is 2.12. The molecule has 0 atom stereocenters. The molecular formula is C20H22N4O3S2. The highest BCUT2D eigenvalue weighted by molar-refractivity contribution is 7.80.